The summed E-state index contributed by atoms with van der Waals surface area (Å²) in [5.41, 5.74) is 0. The molecule has 2 aliphatic heterocycles. The Morgan fingerprint density at radius 3 is 2.00 bits per heavy atom. The SMILES string of the molecule is CCNC1CC2CCCC(C1)N2C1CCC1. The van der Waals surface area contributed by atoms with E-state index >= 15 is 0 Å². The molecule has 0 amide bonds. The second-order valence-electron chi connectivity index (χ2n) is 6.00. The van der Waals surface area contributed by atoms with Crippen LogP contribution in [0.15, 0.2) is 0 Å². The summed E-state index contributed by atoms with van der Waals surface area (Å²) in [6.07, 6.45) is 11.7. The van der Waals surface area contributed by atoms with Crippen molar-refractivity contribution in [2.24, 2.45) is 0 Å². The number of piperidine rings is 2. The molecule has 2 heteroatoms. The highest BCUT2D eigenvalue weighted by Gasteiger charge is 2.42. The molecular formula is C14H26N2. The fourth-order valence-corrected chi connectivity index (χ4v) is 4.15. The molecule has 3 rings (SSSR count). The molecular weight excluding hydrogens is 196 g/mol. The highest BCUT2D eigenvalue weighted by Crippen LogP contribution is 2.40. The van der Waals surface area contributed by atoms with E-state index in [1.54, 1.807) is 0 Å². The summed E-state index contributed by atoms with van der Waals surface area (Å²) in [4.78, 5) is 2.93. The van der Waals surface area contributed by atoms with Crippen molar-refractivity contribution in [1.82, 2.24) is 10.2 Å². The summed E-state index contributed by atoms with van der Waals surface area (Å²) < 4.78 is 0. The normalized spacial score (nSPS) is 40.7. The molecule has 1 aliphatic carbocycles. The Labute approximate surface area is 99.8 Å². The molecule has 2 unspecified atom stereocenters. The van der Waals surface area contributed by atoms with Gasteiger partial charge in [0.25, 0.3) is 0 Å². The Morgan fingerprint density at radius 1 is 0.938 bits per heavy atom. The summed E-state index contributed by atoms with van der Waals surface area (Å²) in [5.74, 6) is 0. The third-order valence-electron chi connectivity index (χ3n) is 5.02. The van der Waals surface area contributed by atoms with Crippen LogP contribution in [0.1, 0.15) is 58.3 Å². The standard InChI is InChI=1S/C14H26N2/c1-2-15-11-9-13-7-4-8-14(10-11)16(13)12-5-3-6-12/h11-15H,2-10H2,1H3. The van der Waals surface area contributed by atoms with Crippen LogP contribution in [-0.2, 0) is 0 Å². The van der Waals surface area contributed by atoms with Gasteiger partial charge in [0.05, 0.1) is 0 Å². The van der Waals surface area contributed by atoms with Crippen LogP contribution >= 0.6 is 0 Å². The second-order valence-corrected chi connectivity index (χ2v) is 6.00. The van der Waals surface area contributed by atoms with Crippen LogP contribution in [0, 0.1) is 0 Å². The number of hydrogen-bond donors (Lipinski definition) is 1. The predicted molar refractivity (Wildman–Crippen MR) is 67.6 cm³/mol. The van der Waals surface area contributed by atoms with Gasteiger partial charge in [-0.1, -0.05) is 19.8 Å². The number of rotatable bonds is 3. The van der Waals surface area contributed by atoms with Gasteiger partial charge in [0, 0.05) is 24.2 Å². The Bertz CT molecular complexity index is 223. The largest absolute Gasteiger partial charge is 0.314 e. The molecule has 0 radical (unpaired) electrons. The Hall–Kier alpha value is -0.0800. The molecule has 2 bridgehead atoms. The topological polar surface area (TPSA) is 15.3 Å². The Balaban J connectivity index is 1.67. The molecule has 2 saturated heterocycles. The van der Waals surface area contributed by atoms with Crippen molar-refractivity contribution in [3.63, 3.8) is 0 Å². The lowest BCUT2D eigenvalue weighted by atomic mass is 9.77. The van der Waals surface area contributed by atoms with Crippen LogP contribution in [0.2, 0.25) is 0 Å². The first-order valence-corrected chi connectivity index (χ1v) is 7.39. The molecule has 0 aromatic heterocycles. The molecule has 3 fully saturated rings. The van der Waals surface area contributed by atoms with Gasteiger partial charge in [0.15, 0.2) is 0 Å². The van der Waals surface area contributed by atoms with Crippen molar-refractivity contribution in [1.29, 1.82) is 0 Å². The Morgan fingerprint density at radius 2 is 1.50 bits per heavy atom. The summed E-state index contributed by atoms with van der Waals surface area (Å²) >= 11 is 0. The summed E-state index contributed by atoms with van der Waals surface area (Å²) in [6.45, 7) is 3.39. The van der Waals surface area contributed by atoms with E-state index in [1.807, 2.05) is 0 Å². The van der Waals surface area contributed by atoms with Gasteiger partial charge in [0.1, 0.15) is 0 Å². The first-order chi connectivity index (χ1) is 7.88. The summed E-state index contributed by atoms with van der Waals surface area (Å²) in [6, 6.07) is 3.62. The minimum absolute atomic E-state index is 0.816. The first-order valence-electron chi connectivity index (χ1n) is 7.39. The molecule has 1 saturated carbocycles. The zero-order chi connectivity index (χ0) is 11.0. The monoisotopic (exact) mass is 222 g/mol. The zero-order valence-corrected chi connectivity index (χ0v) is 10.6. The van der Waals surface area contributed by atoms with Crippen LogP contribution in [-0.4, -0.2) is 35.6 Å². The van der Waals surface area contributed by atoms with Gasteiger partial charge in [-0.2, -0.15) is 0 Å². The van der Waals surface area contributed by atoms with Crippen molar-refractivity contribution in [3.05, 3.63) is 0 Å². The van der Waals surface area contributed by atoms with E-state index in [1.165, 1.54) is 51.4 Å². The van der Waals surface area contributed by atoms with E-state index < -0.39 is 0 Å². The lowest BCUT2D eigenvalue weighted by Crippen LogP contribution is -2.60. The lowest BCUT2D eigenvalue weighted by Gasteiger charge is -2.54. The fraction of sp³-hybridized carbons (Fsp3) is 1.00. The molecule has 2 heterocycles. The smallest absolute Gasteiger partial charge is 0.0116 e. The molecule has 0 aromatic carbocycles. The molecule has 2 atom stereocenters. The van der Waals surface area contributed by atoms with Gasteiger partial charge in [-0.15, -0.1) is 0 Å². The Kier molecular flexibility index (Phi) is 3.21. The number of hydrogen-bond acceptors (Lipinski definition) is 2. The molecule has 16 heavy (non-hydrogen) atoms. The zero-order valence-electron chi connectivity index (χ0n) is 10.6. The third-order valence-corrected chi connectivity index (χ3v) is 5.02. The van der Waals surface area contributed by atoms with Crippen molar-refractivity contribution >= 4 is 0 Å². The first kappa shape index (κ1) is 11.0. The summed E-state index contributed by atoms with van der Waals surface area (Å²) in [5, 5.41) is 3.68. The maximum atomic E-state index is 3.68. The van der Waals surface area contributed by atoms with Crippen molar-refractivity contribution < 1.29 is 0 Å². The highest BCUT2D eigenvalue weighted by molar-refractivity contribution is 4.99. The second kappa shape index (κ2) is 4.66. The molecule has 1 N–H and O–H groups in total. The summed E-state index contributed by atoms with van der Waals surface area (Å²) in [7, 11) is 0. The number of nitrogens with one attached hydrogen (secondary N) is 1. The molecule has 0 spiro atoms. The van der Waals surface area contributed by atoms with Crippen molar-refractivity contribution in [3.8, 4) is 0 Å². The fourth-order valence-electron chi connectivity index (χ4n) is 4.15. The van der Waals surface area contributed by atoms with Crippen LogP contribution in [0.3, 0.4) is 0 Å². The van der Waals surface area contributed by atoms with E-state index in [2.05, 4.69) is 17.1 Å². The van der Waals surface area contributed by atoms with E-state index in [0.29, 0.717) is 0 Å². The van der Waals surface area contributed by atoms with Crippen molar-refractivity contribution in [2.45, 2.75) is 82.5 Å². The van der Waals surface area contributed by atoms with Crippen LogP contribution < -0.4 is 5.32 Å². The van der Waals surface area contributed by atoms with Crippen molar-refractivity contribution in [2.75, 3.05) is 6.54 Å². The van der Waals surface area contributed by atoms with Gasteiger partial charge in [-0.05, 0) is 45.1 Å². The molecule has 92 valence electrons. The molecule has 3 aliphatic rings. The maximum Gasteiger partial charge on any atom is 0.0116 e. The maximum absolute atomic E-state index is 3.68. The molecule has 0 aromatic rings. The van der Waals surface area contributed by atoms with Crippen LogP contribution in [0.25, 0.3) is 0 Å². The van der Waals surface area contributed by atoms with E-state index in [4.69, 9.17) is 0 Å². The van der Waals surface area contributed by atoms with Crippen LogP contribution in [0.5, 0.6) is 0 Å². The predicted octanol–water partition coefficient (Wildman–Crippen LogP) is 2.53. The van der Waals surface area contributed by atoms with Gasteiger partial charge in [-0.25, -0.2) is 0 Å². The minimum atomic E-state index is 0.816. The molecule has 2 nitrogen and oxygen atoms in total. The average Bonchev–Trinajstić information content (AvgIpc) is 2.16. The lowest BCUT2D eigenvalue weighted by molar-refractivity contribution is -0.0354. The van der Waals surface area contributed by atoms with Gasteiger partial charge >= 0.3 is 0 Å². The van der Waals surface area contributed by atoms with Gasteiger partial charge in [0.2, 0.25) is 0 Å². The van der Waals surface area contributed by atoms with Gasteiger partial charge in [-0.3, -0.25) is 4.90 Å². The minimum Gasteiger partial charge on any atom is -0.314 e. The van der Waals surface area contributed by atoms with E-state index in [9.17, 15) is 0 Å². The highest BCUT2D eigenvalue weighted by atomic mass is 15.2. The third kappa shape index (κ3) is 1.91. The number of fused-ring (bicyclic) bond motifs is 2. The number of nitrogens with zero attached hydrogens (tertiary/aromatic N) is 1. The van der Waals surface area contributed by atoms with E-state index in [0.717, 1.165) is 30.7 Å². The van der Waals surface area contributed by atoms with E-state index in [-0.39, 0.29) is 0 Å². The average molecular weight is 222 g/mol. The van der Waals surface area contributed by atoms with Gasteiger partial charge < -0.3 is 5.32 Å². The quantitative estimate of drug-likeness (QED) is 0.789. The van der Waals surface area contributed by atoms with Crippen LogP contribution in [0.4, 0.5) is 0 Å².